The Morgan fingerprint density at radius 3 is 2.07 bits per heavy atom. The molecule has 0 atom stereocenters. The van der Waals surface area contributed by atoms with Gasteiger partial charge in [0.15, 0.2) is 0 Å². The highest BCUT2D eigenvalue weighted by molar-refractivity contribution is 4.81. The van der Waals surface area contributed by atoms with E-state index in [0.717, 1.165) is 11.8 Å². The third-order valence-corrected chi connectivity index (χ3v) is 4.58. The van der Waals surface area contributed by atoms with Gasteiger partial charge in [-0.05, 0) is 75.3 Å². The van der Waals surface area contributed by atoms with Crippen LogP contribution in [0.15, 0.2) is 0 Å². The van der Waals surface area contributed by atoms with Crippen molar-refractivity contribution < 1.29 is 0 Å². The molecule has 15 heavy (non-hydrogen) atoms. The van der Waals surface area contributed by atoms with Crippen molar-refractivity contribution in [2.24, 2.45) is 17.3 Å². The number of rotatable bonds is 2. The Morgan fingerprint density at radius 1 is 0.933 bits per heavy atom. The zero-order valence-electron chi connectivity index (χ0n) is 10.5. The fraction of sp³-hybridized carbons (Fsp3) is 1.00. The molecular formula is C14H27N. The molecule has 0 aromatic rings. The van der Waals surface area contributed by atoms with Gasteiger partial charge in [-0.3, -0.25) is 0 Å². The molecule has 88 valence electrons. The standard InChI is InChI=1S/C14H27N/c1-14(2)7-3-12(4-8-14)11-13-5-9-15-10-6-13/h12-13,15H,3-11H2,1-2H3. The number of hydrogen-bond acceptors (Lipinski definition) is 1. The summed E-state index contributed by atoms with van der Waals surface area (Å²) in [5.74, 6) is 2.10. The van der Waals surface area contributed by atoms with Gasteiger partial charge in [0, 0.05) is 0 Å². The van der Waals surface area contributed by atoms with Gasteiger partial charge in [-0.15, -0.1) is 0 Å². The lowest BCUT2D eigenvalue weighted by Crippen LogP contribution is -2.30. The van der Waals surface area contributed by atoms with Crippen LogP contribution >= 0.6 is 0 Å². The van der Waals surface area contributed by atoms with E-state index in [1.165, 1.54) is 58.0 Å². The van der Waals surface area contributed by atoms with E-state index in [9.17, 15) is 0 Å². The number of nitrogens with one attached hydrogen (secondary N) is 1. The van der Waals surface area contributed by atoms with Crippen molar-refractivity contribution in [1.82, 2.24) is 5.32 Å². The summed E-state index contributed by atoms with van der Waals surface area (Å²) in [5.41, 5.74) is 0.643. The summed E-state index contributed by atoms with van der Waals surface area (Å²) in [6, 6.07) is 0. The molecule has 2 fully saturated rings. The average Bonchev–Trinajstić information content (AvgIpc) is 2.23. The van der Waals surface area contributed by atoms with Crippen LogP contribution in [-0.2, 0) is 0 Å². The predicted octanol–water partition coefficient (Wildman–Crippen LogP) is 3.59. The molecule has 0 aromatic heterocycles. The molecule has 2 rings (SSSR count). The second-order valence-electron chi connectivity index (χ2n) is 6.54. The molecule has 1 heteroatoms. The zero-order valence-corrected chi connectivity index (χ0v) is 10.5. The molecule has 1 saturated carbocycles. The maximum absolute atomic E-state index is 3.47. The van der Waals surface area contributed by atoms with Gasteiger partial charge in [-0.1, -0.05) is 13.8 Å². The van der Waals surface area contributed by atoms with Gasteiger partial charge in [0.25, 0.3) is 0 Å². The first-order chi connectivity index (χ1) is 7.16. The Hall–Kier alpha value is -0.0400. The van der Waals surface area contributed by atoms with E-state index >= 15 is 0 Å². The van der Waals surface area contributed by atoms with Crippen molar-refractivity contribution in [3.63, 3.8) is 0 Å². The lowest BCUT2D eigenvalue weighted by atomic mass is 9.70. The minimum Gasteiger partial charge on any atom is -0.317 e. The van der Waals surface area contributed by atoms with Crippen LogP contribution in [0.3, 0.4) is 0 Å². The van der Waals surface area contributed by atoms with Crippen LogP contribution in [0.1, 0.15) is 58.8 Å². The molecule has 1 heterocycles. The molecule has 2 aliphatic rings. The van der Waals surface area contributed by atoms with E-state index in [0.29, 0.717) is 5.41 Å². The van der Waals surface area contributed by atoms with Crippen LogP contribution in [-0.4, -0.2) is 13.1 Å². The second kappa shape index (κ2) is 4.86. The topological polar surface area (TPSA) is 12.0 Å². The summed E-state index contributed by atoms with van der Waals surface area (Å²) >= 11 is 0. The summed E-state index contributed by atoms with van der Waals surface area (Å²) in [5, 5.41) is 3.47. The van der Waals surface area contributed by atoms with Gasteiger partial charge in [0.05, 0.1) is 0 Å². The maximum atomic E-state index is 3.47. The van der Waals surface area contributed by atoms with E-state index < -0.39 is 0 Å². The minimum atomic E-state index is 0.643. The first-order valence-corrected chi connectivity index (χ1v) is 6.86. The smallest absolute Gasteiger partial charge is 0.00463 e. The maximum Gasteiger partial charge on any atom is -0.00463 e. The van der Waals surface area contributed by atoms with E-state index in [4.69, 9.17) is 0 Å². The Bertz CT molecular complexity index is 182. The van der Waals surface area contributed by atoms with E-state index in [1.807, 2.05) is 0 Å². The quantitative estimate of drug-likeness (QED) is 0.733. The van der Waals surface area contributed by atoms with Crippen LogP contribution < -0.4 is 5.32 Å². The predicted molar refractivity (Wildman–Crippen MR) is 65.9 cm³/mol. The van der Waals surface area contributed by atoms with Crippen molar-refractivity contribution in [2.75, 3.05) is 13.1 Å². The molecule has 0 aromatic carbocycles. The van der Waals surface area contributed by atoms with Gasteiger partial charge in [0.2, 0.25) is 0 Å². The van der Waals surface area contributed by atoms with E-state index in [-0.39, 0.29) is 0 Å². The minimum absolute atomic E-state index is 0.643. The molecule has 1 saturated heterocycles. The largest absolute Gasteiger partial charge is 0.317 e. The van der Waals surface area contributed by atoms with Crippen molar-refractivity contribution in [3.8, 4) is 0 Å². The van der Waals surface area contributed by atoms with Gasteiger partial charge < -0.3 is 5.32 Å². The fourth-order valence-corrected chi connectivity index (χ4v) is 3.28. The summed E-state index contributed by atoms with van der Waals surface area (Å²) in [7, 11) is 0. The fourth-order valence-electron chi connectivity index (χ4n) is 3.28. The van der Waals surface area contributed by atoms with Crippen LogP contribution in [0.25, 0.3) is 0 Å². The van der Waals surface area contributed by atoms with Crippen LogP contribution in [0, 0.1) is 17.3 Å². The number of hydrogen-bond donors (Lipinski definition) is 1. The Kier molecular flexibility index (Phi) is 3.71. The lowest BCUT2D eigenvalue weighted by molar-refractivity contribution is 0.162. The Balaban J connectivity index is 1.71. The SMILES string of the molecule is CC1(C)CCC(CC2CCNCC2)CC1. The lowest BCUT2D eigenvalue weighted by Gasteiger charge is -2.36. The van der Waals surface area contributed by atoms with Gasteiger partial charge in [0.1, 0.15) is 0 Å². The highest BCUT2D eigenvalue weighted by atomic mass is 14.9. The van der Waals surface area contributed by atoms with Crippen LogP contribution in [0.2, 0.25) is 0 Å². The number of piperidine rings is 1. The van der Waals surface area contributed by atoms with Gasteiger partial charge >= 0.3 is 0 Å². The molecule has 0 amide bonds. The molecule has 1 nitrogen and oxygen atoms in total. The molecule has 0 radical (unpaired) electrons. The molecule has 1 aliphatic carbocycles. The summed E-state index contributed by atoms with van der Waals surface area (Å²) in [6.45, 7) is 7.41. The molecule has 0 bridgehead atoms. The highest BCUT2D eigenvalue weighted by Gasteiger charge is 2.28. The third kappa shape index (κ3) is 3.48. The second-order valence-corrected chi connectivity index (χ2v) is 6.54. The molecular weight excluding hydrogens is 182 g/mol. The Morgan fingerprint density at radius 2 is 1.47 bits per heavy atom. The van der Waals surface area contributed by atoms with E-state index in [2.05, 4.69) is 19.2 Å². The van der Waals surface area contributed by atoms with Crippen molar-refractivity contribution in [2.45, 2.75) is 58.8 Å². The van der Waals surface area contributed by atoms with Gasteiger partial charge in [-0.2, -0.15) is 0 Å². The van der Waals surface area contributed by atoms with Gasteiger partial charge in [-0.25, -0.2) is 0 Å². The molecule has 0 spiro atoms. The van der Waals surface area contributed by atoms with Crippen molar-refractivity contribution >= 4 is 0 Å². The zero-order chi connectivity index (χ0) is 10.7. The monoisotopic (exact) mass is 209 g/mol. The Labute approximate surface area is 95.0 Å². The van der Waals surface area contributed by atoms with Crippen molar-refractivity contribution in [1.29, 1.82) is 0 Å². The molecule has 1 N–H and O–H groups in total. The summed E-state index contributed by atoms with van der Waals surface area (Å²) < 4.78 is 0. The first-order valence-electron chi connectivity index (χ1n) is 6.86. The molecule has 1 aliphatic heterocycles. The van der Waals surface area contributed by atoms with Crippen molar-refractivity contribution in [3.05, 3.63) is 0 Å². The van der Waals surface area contributed by atoms with Crippen LogP contribution in [0.4, 0.5) is 0 Å². The molecule has 0 unspecified atom stereocenters. The highest BCUT2D eigenvalue weighted by Crippen LogP contribution is 2.40. The summed E-state index contributed by atoms with van der Waals surface area (Å²) in [4.78, 5) is 0. The first kappa shape index (κ1) is 11.4. The van der Waals surface area contributed by atoms with Crippen LogP contribution in [0.5, 0.6) is 0 Å². The average molecular weight is 209 g/mol. The third-order valence-electron chi connectivity index (χ3n) is 4.58. The summed E-state index contributed by atoms with van der Waals surface area (Å²) in [6.07, 6.45) is 10.3. The van der Waals surface area contributed by atoms with E-state index in [1.54, 1.807) is 0 Å². The normalized spacial score (nSPS) is 29.2.